The van der Waals surface area contributed by atoms with E-state index in [9.17, 15) is 51.2 Å². The molecule has 4 aromatic heterocycles. The van der Waals surface area contributed by atoms with Crippen LogP contribution in [0.2, 0.25) is 0 Å². The van der Waals surface area contributed by atoms with Crippen LogP contribution in [0.1, 0.15) is 82.2 Å². The molecular formula is C79H73F7N4O4Pt2-2. The fourth-order valence-corrected chi connectivity index (χ4v) is 10.5. The second-order valence-electron chi connectivity index (χ2n) is 25.0. The average Bonchev–Trinajstić information content (AvgIpc) is 1.61. The molecule has 0 aliphatic carbocycles. The summed E-state index contributed by atoms with van der Waals surface area (Å²) >= 11 is 0. The van der Waals surface area contributed by atoms with Crippen molar-refractivity contribution in [1.82, 2.24) is 19.1 Å². The van der Waals surface area contributed by atoms with E-state index in [4.69, 9.17) is 0 Å². The number of hydrogen-bond donors (Lipinski definition) is 4. The molecule has 8 aromatic carbocycles. The number of pyridine rings is 2. The molecule has 0 aliphatic rings. The average molecular weight is 1670 g/mol. The Kier molecular flexibility index (Phi) is 25.4. The van der Waals surface area contributed by atoms with E-state index in [2.05, 4.69) is 171 Å². The number of aromatic nitrogens is 4. The number of para-hydroxylation sites is 4. The van der Waals surface area contributed by atoms with Crippen molar-refractivity contribution < 1.29 is 93.3 Å². The van der Waals surface area contributed by atoms with Gasteiger partial charge in [-0.05, 0) is 131 Å². The van der Waals surface area contributed by atoms with E-state index < -0.39 is 35.7 Å². The first kappa shape index (κ1) is 74.9. The van der Waals surface area contributed by atoms with Crippen LogP contribution in [-0.2, 0) is 67.3 Å². The first-order valence-electron chi connectivity index (χ1n) is 30.7. The zero-order chi connectivity index (χ0) is 67.5. The van der Waals surface area contributed by atoms with Gasteiger partial charge in [0.1, 0.15) is 0 Å². The summed E-state index contributed by atoms with van der Waals surface area (Å²) in [6, 6.07) is 69.4. The standard InChI is InChI=1S/2C27H29NO2.C13H6F6N.C12H9FN.2Pt/c2*1-27(2,3)26(30)18-21(29)17-14-19-12-15-20(16-13-19)28-24-10-6-4-8-22(24)23-9-5-7-11-25(23)28;14-12(15,16)9-5-8(11-3-1-2-4-20-11)6-10(7-9)13(17,18)19;1-9-5-6-10(11(13)8-9)12-4-2-3-7-14-12;;/h4-13,15-16,18,26,29-30H,14,17H2,1-3H3;4-13,15-16,18,21,29-30H,14,17H2,1-3H3;1-5,7H;2-5,7-8H,1H3;;/q;;2*-1;;. The fraction of sp³-hybridized carbons (Fsp3) is 0.215. The Labute approximate surface area is 583 Å². The number of aryl methyl sites for hydroxylation is 3. The number of nitrogens with zero attached hydrogens (tertiary/aromatic N) is 4. The van der Waals surface area contributed by atoms with Gasteiger partial charge in [0.05, 0.1) is 45.8 Å². The van der Waals surface area contributed by atoms with Gasteiger partial charge in [0.25, 0.3) is 0 Å². The minimum absolute atomic E-state index is 0. The van der Waals surface area contributed by atoms with E-state index in [0.717, 1.165) is 35.3 Å². The minimum Gasteiger partial charge on any atom is -0.513 e. The molecule has 0 radical (unpaired) electrons. The number of aliphatic hydroxyl groups is 4. The number of benzene rings is 8. The predicted molar refractivity (Wildman–Crippen MR) is 362 cm³/mol. The van der Waals surface area contributed by atoms with Crippen LogP contribution in [0.15, 0.2) is 242 Å². The molecule has 0 amide bonds. The number of hydrogen-bond acceptors (Lipinski definition) is 6. The van der Waals surface area contributed by atoms with E-state index >= 15 is 0 Å². The molecule has 0 spiro atoms. The van der Waals surface area contributed by atoms with E-state index in [1.165, 1.54) is 79.6 Å². The second-order valence-corrected chi connectivity index (χ2v) is 25.0. The van der Waals surface area contributed by atoms with E-state index in [1.54, 1.807) is 36.5 Å². The van der Waals surface area contributed by atoms with Gasteiger partial charge < -0.3 is 39.5 Å². The third-order valence-corrected chi connectivity index (χ3v) is 15.7. The van der Waals surface area contributed by atoms with Gasteiger partial charge >= 0.3 is 12.4 Å². The van der Waals surface area contributed by atoms with Crippen molar-refractivity contribution in [1.29, 1.82) is 0 Å². The van der Waals surface area contributed by atoms with Gasteiger partial charge in [-0.25, -0.2) is 0 Å². The molecule has 2 unspecified atom stereocenters. The minimum atomic E-state index is -4.91. The summed E-state index contributed by atoms with van der Waals surface area (Å²) in [5.74, 6) is 0.198. The zero-order valence-electron chi connectivity index (χ0n) is 53.8. The third kappa shape index (κ3) is 19.2. The van der Waals surface area contributed by atoms with Crippen LogP contribution in [0.5, 0.6) is 0 Å². The third-order valence-electron chi connectivity index (χ3n) is 15.7. The molecule has 0 bridgehead atoms. The summed E-state index contributed by atoms with van der Waals surface area (Å²) in [6.45, 7) is 13.5. The van der Waals surface area contributed by atoms with Crippen molar-refractivity contribution in [2.75, 3.05) is 0 Å². The molecule has 12 aromatic rings. The van der Waals surface area contributed by atoms with Crippen LogP contribution < -0.4 is 0 Å². The molecule has 0 aliphatic heterocycles. The number of rotatable bonds is 12. The van der Waals surface area contributed by atoms with Crippen LogP contribution in [-0.4, -0.2) is 51.7 Å². The second kappa shape index (κ2) is 32.5. The van der Waals surface area contributed by atoms with Crippen LogP contribution in [0.25, 0.3) is 77.5 Å². The van der Waals surface area contributed by atoms with Gasteiger partial charge in [0, 0.05) is 105 Å². The molecule has 0 saturated heterocycles. The van der Waals surface area contributed by atoms with Gasteiger partial charge in [-0.2, -0.15) is 26.3 Å². The fourth-order valence-electron chi connectivity index (χ4n) is 10.5. The molecular weight excluding hydrogens is 1590 g/mol. The first-order valence-corrected chi connectivity index (χ1v) is 30.7. The van der Waals surface area contributed by atoms with Crippen LogP contribution in [0.4, 0.5) is 30.7 Å². The molecule has 504 valence electrons. The smallest absolute Gasteiger partial charge is 0.399 e. The van der Waals surface area contributed by atoms with Crippen molar-refractivity contribution in [2.24, 2.45) is 10.8 Å². The molecule has 12 rings (SSSR count). The Morgan fingerprint density at radius 3 is 1.38 bits per heavy atom. The van der Waals surface area contributed by atoms with Gasteiger partial charge in [-0.15, -0.1) is 47.5 Å². The topological polar surface area (TPSA) is 117 Å². The Hall–Kier alpha value is -8.45. The van der Waals surface area contributed by atoms with Gasteiger partial charge in [0.15, 0.2) is 0 Å². The molecule has 17 heteroatoms. The molecule has 4 N–H and O–H groups in total. The van der Waals surface area contributed by atoms with E-state index in [0.29, 0.717) is 30.2 Å². The molecule has 2 atom stereocenters. The Morgan fingerprint density at radius 2 is 0.969 bits per heavy atom. The number of aliphatic hydroxyl groups excluding tert-OH is 4. The first-order chi connectivity index (χ1) is 44.6. The molecule has 0 saturated carbocycles. The quantitative estimate of drug-likeness (QED) is 0.0550. The normalized spacial score (nSPS) is 12.7. The Balaban J connectivity index is 0.000000186. The molecule has 8 nitrogen and oxygen atoms in total. The van der Waals surface area contributed by atoms with E-state index in [-0.39, 0.29) is 87.6 Å². The Bertz CT molecular complexity index is 4440. The summed E-state index contributed by atoms with van der Waals surface area (Å²) < 4.78 is 93.9. The maximum absolute atomic E-state index is 13.5. The van der Waals surface area contributed by atoms with Crippen LogP contribution in [0.3, 0.4) is 0 Å². The summed E-state index contributed by atoms with van der Waals surface area (Å²) in [5.41, 5.74) is 7.43. The largest absolute Gasteiger partial charge is 0.513 e. The monoisotopic (exact) mass is 1660 g/mol. The summed E-state index contributed by atoms with van der Waals surface area (Å²) in [4.78, 5) is 7.80. The van der Waals surface area contributed by atoms with Crippen molar-refractivity contribution in [3.63, 3.8) is 0 Å². The van der Waals surface area contributed by atoms with Gasteiger partial charge in [0.2, 0.25) is 0 Å². The van der Waals surface area contributed by atoms with Crippen molar-refractivity contribution in [2.45, 2.75) is 98.7 Å². The summed E-state index contributed by atoms with van der Waals surface area (Å²) in [6.07, 6.45) is -2.48. The number of alkyl halides is 6. The van der Waals surface area contributed by atoms with Crippen molar-refractivity contribution in [3.8, 4) is 33.9 Å². The molecule has 4 heterocycles. The van der Waals surface area contributed by atoms with Crippen molar-refractivity contribution in [3.05, 3.63) is 288 Å². The maximum Gasteiger partial charge on any atom is 0.399 e. The van der Waals surface area contributed by atoms with Gasteiger partial charge in [-0.3, -0.25) is 4.39 Å². The maximum atomic E-state index is 13.5. The van der Waals surface area contributed by atoms with Gasteiger partial charge in [-0.1, -0.05) is 175 Å². The molecule has 96 heavy (non-hydrogen) atoms. The van der Waals surface area contributed by atoms with Crippen LogP contribution >= 0.6 is 0 Å². The number of allylic oxidation sites excluding steroid dienone is 2. The Morgan fingerprint density at radius 1 is 0.531 bits per heavy atom. The predicted octanol–water partition coefficient (Wildman–Crippen LogP) is 20.7. The number of fused-ring (bicyclic) bond motifs is 6. The van der Waals surface area contributed by atoms with Crippen molar-refractivity contribution >= 4 is 43.6 Å². The SMILES string of the molecule is CC(C)(C)C(O)=CC(O)CCc1ccc(-n2c3ccccc3c3ccccc32)cc1.CC(C)(C)C(O)C=C(O)CCc1ccc(-n2c3ccccc3c3ccccc32)cc1.Cc1c[c-]c(-c2ccccn2)c(F)c1.FC(F)(F)c1[c-]c(-c2ccccn2)cc(C(F)(F)F)c1.[Pt].[Pt]. The zero-order valence-corrected chi connectivity index (χ0v) is 58.3. The van der Waals surface area contributed by atoms with E-state index in [1.807, 2.05) is 60.6 Å². The summed E-state index contributed by atoms with van der Waals surface area (Å²) in [7, 11) is 0. The summed E-state index contributed by atoms with van der Waals surface area (Å²) in [5, 5.41) is 45.6. The molecule has 0 fully saturated rings. The van der Waals surface area contributed by atoms with Crippen LogP contribution in [0, 0.1) is 35.7 Å². The number of halogens is 7.